The Morgan fingerprint density at radius 1 is 1.11 bits per heavy atom. The van der Waals surface area contributed by atoms with Crippen molar-refractivity contribution < 1.29 is 9.32 Å². The van der Waals surface area contributed by atoms with E-state index in [1.807, 2.05) is 49.4 Å². The summed E-state index contributed by atoms with van der Waals surface area (Å²) in [4.78, 5) is 16.5. The second-order valence-corrected chi connectivity index (χ2v) is 7.43. The number of nitrogens with one attached hydrogen (secondary N) is 1. The van der Waals surface area contributed by atoms with Gasteiger partial charge >= 0.3 is 0 Å². The number of carbonyl (C=O) groups excluding carboxylic acids is 1. The Labute approximate surface area is 167 Å². The molecule has 0 aliphatic heterocycles. The van der Waals surface area contributed by atoms with E-state index in [4.69, 9.17) is 4.52 Å². The number of halogens is 1. The molecule has 0 unspecified atom stereocenters. The van der Waals surface area contributed by atoms with E-state index in [0.29, 0.717) is 24.6 Å². The largest absolute Gasteiger partial charge is 0.354 e. The fourth-order valence-corrected chi connectivity index (χ4v) is 3.00. The molecule has 0 fully saturated rings. The molecule has 0 aliphatic carbocycles. The Hall–Kier alpha value is -2.47. The predicted molar refractivity (Wildman–Crippen MR) is 108 cm³/mol. The van der Waals surface area contributed by atoms with Gasteiger partial charge in [0.2, 0.25) is 17.6 Å². The first-order valence-corrected chi connectivity index (χ1v) is 9.81. The summed E-state index contributed by atoms with van der Waals surface area (Å²) in [5.41, 5.74) is 2.16. The number of hydrogen-bond acceptors (Lipinski definition) is 4. The number of rotatable bonds is 8. The van der Waals surface area contributed by atoms with Crippen LogP contribution in [0, 0.1) is 0 Å². The van der Waals surface area contributed by atoms with E-state index in [1.54, 1.807) is 0 Å². The van der Waals surface area contributed by atoms with E-state index in [1.165, 1.54) is 5.56 Å². The van der Waals surface area contributed by atoms with Gasteiger partial charge in [0.25, 0.3) is 0 Å². The molecule has 1 heterocycles. The molecule has 0 aliphatic rings. The van der Waals surface area contributed by atoms with Gasteiger partial charge in [0.1, 0.15) is 0 Å². The molecule has 1 aromatic heterocycles. The van der Waals surface area contributed by atoms with Crippen LogP contribution < -0.4 is 5.32 Å². The van der Waals surface area contributed by atoms with Crippen LogP contribution in [0.2, 0.25) is 0 Å². The Morgan fingerprint density at radius 3 is 2.59 bits per heavy atom. The minimum Gasteiger partial charge on any atom is -0.354 e. The highest BCUT2D eigenvalue weighted by molar-refractivity contribution is 9.10. The molecule has 0 saturated heterocycles. The molecule has 0 radical (unpaired) electrons. The Balaban J connectivity index is 1.43. The third kappa shape index (κ3) is 6.03. The fraction of sp³-hybridized carbons (Fsp3) is 0.286. The summed E-state index contributed by atoms with van der Waals surface area (Å²) in [5.74, 6) is 1.01. The Bertz CT molecular complexity index is 863. The minimum atomic E-state index is -0.000969. The van der Waals surface area contributed by atoms with Crippen LogP contribution >= 0.6 is 15.9 Å². The van der Waals surface area contributed by atoms with Crippen molar-refractivity contribution in [2.75, 3.05) is 0 Å². The quantitative estimate of drug-likeness (QED) is 0.571. The topological polar surface area (TPSA) is 68.0 Å². The molecule has 2 aromatic carbocycles. The lowest BCUT2D eigenvalue weighted by Crippen LogP contribution is -2.33. The summed E-state index contributed by atoms with van der Waals surface area (Å²) in [6.45, 7) is 2.03. The van der Waals surface area contributed by atoms with Crippen LogP contribution in [0.4, 0.5) is 0 Å². The normalized spacial score (nSPS) is 11.9. The van der Waals surface area contributed by atoms with Crippen LogP contribution in [-0.2, 0) is 17.6 Å². The third-order valence-electron chi connectivity index (χ3n) is 4.25. The lowest BCUT2D eigenvalue weighted by atomic mass is 10.1. The summed E-state index contributed by atoms with van der Waals surface area (Å²) in [6.07, 6.45) is 2.62. The van der Waals surface area contributed by atoms with Crippen LogP contribution in [0.25, 0.3) is 11.4 Å². The molecule has 3 aromatic rings. The zero-order chi connectivity index (χ0) is 19.1. The SMILES string of the molecule is C[C@H](CCc1ccccc1)NC(=O)CCc1nc(-c2ccc(Br)cc2)no1. The molecule has 3 rings (SSSR count). The summed E-state index contributed by atoms with van der Waals surface area (Å²) in [7, 11) is 0. The summed E-state index contributed by atoms with van der Waals surface area (Å²) in [5, 5.41) is 7.02. The number of aromatic nitrogens is 2. The molecule has 140 valence electrons. The molecule has 27 heavy (non-hydrogen) atoms. The van der Waals surface area contributed by atoms with E-state index < -0.39 is 0 Å². The second kappa shape index (κ2) is 9.46. The molecule has 1 N–H and O–H groups in total. The molecule has 0 spiro atoms. The molecular formula is C21H22BrN3O2. The smallest absolute Gasteiger partial charge is 0.227 e. The van der Waals surface area contributed by atoms with Crippen molar-refractivity contribution in [1.82, 2.24) is 15.5 Å². The zero-order valence-electron chi connectivity index (χ0n) is 15.2. The molecule has 0 bridgehead atoms. The average Bonchev–Trinajstić information content (AvgIpc) is 3.15. The van der Waals surface area contributed by atoms with Gasteiger partial charge in [0.15, 0.2) is 0 Å². The van der Waals surface area contributed by atoms with Crippen LogP contribution in [0.3, 0.4) is 0 Å². The monoisotopic (exact) mass is 427 g/mol. The highest BCUT2D eigenvalue weighted by Crippen LogP contribution is 2.19. The van der Waals surface area contributed by atoms with Gasteiger partial charge in [-0.05, 0) is 49.6 Å². The molecule has 0 saturated carbocycles. The van der Waals surface area contributed by atoms with Gasteiger partial charge < -0.3 is 9.84 Å². The van der Waals surface area contributed by atoms with Gasteiger partial charge in [0.05, 0.1) is 0 Å². The van der Waals surface area contributed by atoms with Crippen molar-refractivity contribution >= 4 is 21.8 Å². The highest BCUT2D eigenvalue weighted by Gasteiger charge is 2.12. The minimum absolute atomic E-state index is 0.000969. The Morgan fingerprint density at radius 2 is 1.85 bits per heavy atom. The maximum Gasteiger partial charge on any atom is 0.227 e. The predicted octanol–water partition coefficient (Wildman–Crippen LogP) is 4.57. The van der Waals surface area contributed by atoms with Gasteiger partial charge in [-0.15, -0.1) is 0 Å². The van der Waals surface area contributed by atoms with Crippen molar-refractivity contribution in [2.45, 2.75) is 38.6 Å². The molecular weight excluding hydrogens is 406 g/mol. The summed E-state index contributed by atoms with van der Waals surface area (Å²) in [6, 6.07) is 18.1. The summed E-state index contributed by atoms with van der Waals surface area (Å²) < 4.78 is 6.25. The lowest BCUT2D eigenvalue weighted by Gasteiger charge is -2.13. The molecule has 1 atom stereocenters. The van der Waals surface area contributed by atoms with E-state index in [9.17, 15) is 4.79 Å². The maximum absolute atomic E-state index is 12.1. The van der Waals surface area contributed by atoms with E-state index in [0.717, 1.165) is 22.9 Å². The number of aryl methyl sites for hydroxylation is 2. The van der Waals surface area contributed by atoms with Crippen molar-refractivity contribution in [3.05, 3.63) is 70.5 Å². The fourth-order valence-electron chi connectivity index (χ4n) is 2.74. The van der Waals surface area contributed by atoms with Gasteiger partial charge in [-0.3, -0.25) is 4.79 Å². The number of carbonyl (C=O) groups is 1. The first kappa shape index (κ1) is 19.3. The number of benzene rings is 2. The standard InChI is InChI=1S/C21H22BrN3O2/c1-15(7-8-16-5-3-2-4-6-16)23-19(26)13-14-20-24-21(25-27-20)17-9-11-18(22)12-10-17/h2-6,9-12,15H,7-8,13-14H2,1H3,(H,23,26)/t15-/m1/s1. The molecule has 5 nitrogen and oxygen atoms in total. The lowest BCUT2D eigenvalue weighted by molar-refractivity contribution is -0.121. The number of amides is 1. The molecule has 6 heteroatoms. The van der Waals surface area contributed by atoms with Crippen molar-refractivity contribution in [3.8, 4) is 11.4 Å². The van der Waals surface area contributed by atoms with E-state index in [-0.39, 0.29) is 11.9 Å². The van der Waals surface area contributed by atoms with Crippen molar-refractivity contribution in [1.29, 1.82) is 0 Å². The Kier molecular flexibility index (Phi) is 6.76. The van der Waals surface area contributed by atoms with Gasteiger partial charge in [-0.1, -0.05) is 51.4 Å². The maximum atomic E-state index is 12.1. The van der Waals surface area contributed by atoms with Gasteiger partial charge in [-0.2, -0.15) is 4.98 Å². The van der Waals surface area contributed by atoms with Crippen molar-refractivity contribution in [3.63, 3.8) is 0 Å². The zero-order valence-corrected chi connectivity index (χ0v) is 16.8. The van der Waals surface area contributed by atoms with Crippen LogP contribution in [-0.4, -0.2) is 22.1 Å². The van der Waals surface area contributed by atoms with E-state index in [2.05, 4.69) is 43.5 Å². The second-order valence-electron chi connectivity index (χ2n) is 6.51. The number of nitrogens with zero attached hydrogens (tertiary/aromatic N) is 2. The van der Waals surface area contributed by atoms with E-state index >= 15 is 0 Å². The van der Waals surface area contributed by atoms with Gasteiger partial charge in [0, 0.05) is 28.9 Å². The van der Waals surface area contributed by atoms with Crippen molar-refractivity contribution in [2.24, 2.45) is 0 Å². The summed E-state index contributed by atoms with van der Waals surface area (Å²) >= 11 is 3.40. The number of hydrogen-bond donors (Lipinski definition) is 1. The molecule has 1 amide bonds. The first-order chi connectivity index (χ1) is 13.1. The van der Waals surface area contributed by atoms with Crippen LogP contribution in [0.5, 0.6) is 0 Å². The third-order valence-corrected chi connectivity index (χ3v) is 4.78. The van der Waals surface area contributed by atoms with Crippen LogP contribution in [0.15, 0.2) is 63.6 Å². The highest BCUT2D eigenvalue weighted by atomic mass is 79.9. The first-order valence-electron chi connectivity index (χ1n) is 9.02. The average molecular weight is 428 g/mol. The van der Waals surface area contributed by atoms with Crippen LogP contribution in [0.1, 0.15) is 31.2 Å². The van der Waals surface area contributed by atoms with Gasteiger partial charge in [-0.25, -0.2) is 0 Å².